The summed E-state index contributed by atoms with van der Waals surface area (Å²) in [6, 6.07) is 15.8. The van der Waals surface area contributed by atoms with Crippen molar-refractivity contribution in [1.29, 1.82) is 5.26 Å². The molecule has 3 rings (SSSR count). The third-order valence-electron chi connectivity index (χ3n) is 3.56. The molecule has 5 nitrogen and oxygen atoms in total. The molecule has 1 saturated heterocycles. The van der Waals surface area contributed by atoms with Crippen LogP contribution in [0.2, 0.25) is 0 Å². The molecule has 0 bridgehead atoms. The van der Waals surface area contributed by atoms with Gasteiger partial charge in [0.1, 0.15) is 5.92 Å². The Morgan fingerprint density at radius 3 is 2.43 bits per heavy atom. The fourth-order valence-electron chi connectivity index (χ4n) is 2.41. The topological polar surface area (TPSA) is 62.0 Å². The largest absolute Gasteiger partial charge is 0.378 e. The molecule has 1 aromatic heterocycles. The quantitative estimate of drug-likeness (QED) is 0.860. The molecule has 0 amide bonds. The minimum absolute atomic E-state index is 0.377. The molecule has 1 aliphatic heterocycles. The average Bonchev–Trinajstić information content (AvgIpc) is 2.58. The van der Waals surface area contributed by atoms with Crippen LogP contribution in [0.3, 0.4) is 0 Å². The highest BCUT2D eigenvalue weighted by molar-refractivity contribution is 5.41. The first-order chi connectivity index (χ1) is 10.4. The monoisotopic (exact) mass is 280 g/mol. The van der Waals surface area contributed by atoms with Gasteiger partial charge in [-0.2, -0.15) is 10.4 Å². The van der Waals surface area contributed by atoms with E-state index in [1.54, 1.807) is 0 Å². The van der Waals surface area contributed by atoms with Gasteiger partial charge in [-0.3, -0.25) is 0 Å². The Hall–Kier alpha value is -2.45. The van der Waals surface area contributed by atoms with E-state index in [1.807, 2.05) is 42.5 Å². The highest BCUT2D eigenvalue weighted by atomic mass is 16.5. The molecule has 106 valence electrons. The molecule has 0 N–H and O–H groups in total. The molecule has 21 heavy (non-hydrogen) atoms. The SMILES string of the molecule is N#CC(c1ccccc1)c1ccc(N2CCOCC2)nn1. The van der Waals surface area contributed by atoms with E-state index in [2.05, 4.69) is 21.2 Å². The zero-order valence-corrected chi connectivity index (χ0v) is 11.6. The van der Waals surface area contributed by atoms with Crippen LogP contribution in [-0.4, -0.2) is 36.5 Å². The minimum atomic E-state index is -0.377. The fourth-order valence-corrected chi connectivity index (χ4v) is 2.41. The predicted octanol–water partition coefficient (Wildman–Crippen LogP) is 1.97. The first kappa shape index (κ1) is 13.5. The molecule has 0 spiro atoms. The van der Waals surface area contributed by atoms with Crippen molar-refractivity contribution in [2.45, 2.75) is 5.92 Å². The van der Waals surface area contributed by atoms with Crippen LogP contribution in [0.4, 0.5) is 5.82 Å². The molecule has 1 fully saturated rings. The van der Waals surface area contributed by atoms with E-state index in [9.17, 15) is 5.26 Å². The Balaban J connectivity index is 1.81. The van der Waals surface area contributed by atoms with Crippen LogP contribution < -0.4 is 4.90 Å². The van der Waals surface area contributed by atoms with E-state index in [0.717, 1.165) is 24.5 Å². The summed E-state index contributed by atoms with van der Waals surface area (Å²) in [5.41, 5.74) is 1.62. The molecule has 0 radical (unpaired) electrons. The van der Waals surface area contributed by atoms with E-state index >= 15 is 0 Å². The highest BCUT2D eigenvalue weighted by Gasteiger charge is 2.17. The smallest absolute Gasteiger partial charge is 0.151 e. The summed E-state index contributed by atoms with van der Waals surface area (Å²) in [6.45, 7) is 3.09. The lowest BCUT2D eigenvalue weighted by Crippen LogP contribution is -2.36. The van der Waals surface area contributed by atoms with Gasteiger partial charge in [-0.25, -0.2) is 0 Å². The van der Waals surface area contributed by atoms with Crippen LogP contribution in [0.25, 0.3) is 0 Å². The van der Waals surface area contributed by atoms with Crippen LogP contribution in [-0.2, 0) is 4.74 Å². The van der Waals surface area contributed by atoms with Crippen LogP contribution in [0.1, 0.15) is 17.2 Å². The molecule has 1 unspecified atom stereocenters. The van der Waals surface area contributed by atoms with Gasteiger partial charge in [0, 0.05) is 13.1 Å². The maximum atomic E-state index is 9.41. The maximum absolute atomic E-state index is 9.41. The molecule has 5 heteroatoms. The zero-order chi connectivity index (χ0) is 14.5. The molecule has 2 aromatic rings. The van der Waals surface area contributed by atoms with Gasteiger partial charge in [0.15, 0.2) is 5.82 Å². The zero-order valence-electron chi connectivity index (χ0n) is 11.6. The lowest BCUT2D eigenvalue weighted by atomic mass is 9.97. The van der Waals surface area contributed by atoms with Crippen LogP contribution >= 0.6 is 0 Å². The van der Waals surface area contributed by atoms with Crippen molar-refractivity contribution in [1.82, 2.24) is 10.2 Å². The summed E-state index contributed by atoms with van der Waals surface area (Å²) >= 11 is 0. The van der Waals surface area contributed by atoms with Crippen LogP contribution in [0.15, 0.2) is 42.5 Å². The lowest BCUT2D eigenvalue weighted by molar-refractivity contribution is 0.122. The molecule has 1 aliphatic rings. The van der Waals surface area contributed by atoms with E-state index < -0.39 is 0 Å². The van der Waals surface area contributed by atoms with Gasteiger partial charge in [0.25, 0.3) is 0 Å². The van der Waals surface area contributed by atoms with Crippen molar-refractivity contribution >= 4 is 5.82 Å². The number of rotatable bonds is 3. The van der Waals surface area contributed by atoms with Crippen molar-refractivity contribution in [2.75, 3.05) is 31.2 Å². The molecule has 2 heterocycles. The second-order valence-corrected chi connectivity index (χ2v) is 4.89. The number of aromatic nitrogens is 2. The van der Waals surface area contributed by atoms with Crippen molar-refractivity contribution in [3.8, 4) is 6.07 Å². The van der Waals surface area contributed by atoms with Gasteiger partial charge >= 0.3 is 0 Å². The molecule has 0 aliphatic carbocycles. The normalized spacial score (nSPS) is 16.2. The van der Waals surface area contributed by atoms with Gasteiger partial charge < -0.3 is 9.64 Å². The number of morpholine rings is 1. The standard InChI is InChI=1S/C16H16N4O/c17-12-14(13-4-2-1-3-5-13)15-6-7-16(19-18-15)20-8-10-21-11-9-20/h1-7,14H,8-11H2. The Morgan fingerprint density at radius 2 is 1.81 bits per heavy atom. The van der Waals surface area contributed by atoms with Crippen molar-refractivity contribution < 1.29 is 4.74 Å². The third-order valence-corrected chi connectivity index (χ3v) is 3.56. The highest BCUT2D eigenvalue weighted by Crippen LogP contribution is 2.22. The van der Waals surface area contributed by atoms with Gasteiger partial charge in [-0.05, 0) is 17.7 Å². The summed E-state index contributed by atoms with van der Waals surface area (Å²) in [5.74, 6) is 0.462. The summed E-state index contributed by atoms with van der Waals surface area (Å²) < 4.78 is 5.33. The number of nitriles is 1. The minimum Gasteiger partial charge on any atom is -0.378 e. The van der Waals surface area contributed by atoms with Gasteiger partial charge in [-0.1, -0.05) is 30.3 Å². The summed E-state index contributed by atoms with van der Waals surface area (Å²) in [7, 11) is 0. The molecule has 1 atom stereocenters. The molecule has 1 aromatic carbocycles. The second-order valence-electron chi connectivity index (χ2n) is 4.89. The Bertz CT molecular complexity index is 615. The number of anilines is 1. The first-order valence-corrected chi connectivity index (χ1v) is 6.99. The van der Waals surface area contributed by atoms with Crippen molar-refractivity contribution in [3.63, 3.8) is 0 Å². The van der Waals surface area contributed by atoms with Gasteiger partial charge in [0.2, 0.25) is 0 Å². The maximum Gasteiger partial charge on any atom is 0.151 e. The number of hydrogen-bond acceptors (Lipinski definition) is 5. The van der Waals surface area contributed by atoms with E-state index in [-0.39, 0.29) is 5.92 Å². The Morgan fingerprint density at radius 1 is 1.05 bits per heavy atom. The van der Waals surface area contributed by atoms with E-state index in [1.165, 1.54) is 0 Å². The number of benzene rings is 1. The number of nitrogens with zero attached hydrogens (tertiary/aromatic N) is 4. The number of ether oxygens (including phenoxy) is 1. The molecule has 0 saturated carbocycles. The van der Waals surface area contributed by atoms with Crippen LogP contribution in [0.5, 0.6) is 0 Å². The Labute approximate surface area is 123 Å². The van der Waals surface area contributed by atoms with Gasteiger partial charge in [0.05, 0.1) is 25.0 Å². The summed E-state index contributed by atoms with van der Waals surface area (Å²) in [6.07, 6.45) is 0. The summed E-state index contributed by atoms with van der Waals surface area (Å²) in [4.78, 5) is 2.14. The number of hydrogen-bond donors (Lipinski definition) is 0. The van der Waals surface area contributed by atoms with E-state index in [0.29, 0.717) is 18.9 Å². The van der Waals surface area contributed by atoms with E-state index in [4.69, 9.17) is 4.74 Å². The molecular formula is C16H16N4O. The third kappa shape index (κ3) is 3.01. The van der Waals surface area contributed by atoms with Crippen molar-refractivity contribution in [2.24, 2.45) is 0 Å². The summed E-state index contributed by atoms with van der Waals surface area (Å²) in [5, 5.41) is 17.9. The first-order valence-electron chi connectivity index (χ1n) is 6.99. The van der Waals surface area contributed by atoms with Crippen LogP contribution in [0, 0.1) is 11.3 Å². The second kappa shape index (κ2) is 6.33. The average molecular weight is 280 g/mol. The molecular weight excluding hydrogens is 264 g/mol. The predicted molar refractivity (Wildman–Crippen MR) is 79.0 cm³/mol. The lowest BCUT2D eigenvalue weighted by Gasteiger charge is -2.27. The van der Waals surface area contributed by atoms with Crippen molar-refractivity contribution in [3.05, 3.63) is 53.7 Å². The van der Waals surface area contributed by atoms with Gasteiger partial charge in [-0.15, -0.1) is 5.10 Å². The fraction of sp³-hybridized carbons (Fsp3) is 0.312. The Kier molecular flexibility index (Phi) is 4.08.